The summed E-state index contributed by atoms with van der Waals surface area (Å²) in [5.41, 5.74) is 1.52. The Balaban J connectivity index is 1.80. The summed E-state index contributed by atoms with van der Waals surface area (Å²) in [5, 5.41) is 3.83. The highest BCUT2D eigenvalue weighted by Crippen LogP contribution is 2.32. The van der Waals surface area contributed by atoms with Gasteiger partial charge in [-0.2, -0.15) is 11.8 Å². The van der Waals surface area contributed by atoms with Gasteiger partial charge >= 0.3 is 0 Å². The van der Waals surface area contributed by atoms with Crippen molar-refractivity contribution in [3.05, 3.63) is 35.9 Å². The fourth-order valence-electron chi connectivity index (χ4n) is 3.80. The Morgan fingerprint density at radius 3 is 2.81 bits per heavy atom. The molecule has 0 aliphatic carbocycles. The smallest absolute Gasteiger partial charge is 0.0535 e. The molecule has 2 saturated heterocycles. The summed E-state index contributed by atoms with van der Waals surface area (Å²) in [5.74, 6) is 2.68. The zero-order valence-corrected chi connectivity index (χ0v) is 14.2. The highest BCUT2D eigenvalue weighted by Gasteiger charge is 2.39. The molecular formula is C18H28N2S. The Labute approximate surface area is 133 Å². The van der Waals surface area contributed by atoms with E-state index in [-0.39, 0.29) is 5.54 Å². The molecule has 0 spiro atoms. The van der Waals surface area contributed by atoms with Gasteiger partial charge in [0, 0.05) is 30.9 Å². The Kier molecular flexibility index (Phi) is 4.92. The molecule has 2 fully saturated rings. The van der Waals surface area contributed by atoms with Crippen molar-refractivity contribution in [3.8, 4) is 0 Å². The number of piperazine rings is 1. The zero-order chi connectivity index (χ0) is 14.7. The van der Waals surface area contributed by atoms with E-state index in [4.69, 9.17) is 0 Å². The van der Waals surface area contributed by atoms with Gasteiger partial charge in [0.05, 0.1) is 5.54 Å². The maximum Gasteiger partial charge on any atom is 0.0535 e. The Bertz CT molecular complexity index is 444. The minimum atomic E-state index is 0.0923. The minimum Gasteiger partial charge on any atom is -0.305 e. The van der Waals surface area contributed by atoms with E-state index in [1.807, 2.05) is 0 Å². The second-order valence-electron chi connectivity index (χ2n) is 6.68. The molecule has 116 valence electrons. The van der Waals surface area contributed by atoms with E-state index in [9.17, 15) is 0 Å². The molecule has 0 bridgehead atoms. The second-order valence-corrected chi connectivity index (χ2v) is 7.83. The first-order valence-electron chi connectivity index (χ1n) is 8.37. The van der Waals surface area contributed by atoms with Crippen molar-refractivity contribution in [2.45, 2.75) is 50.7 Å². The van der Waals surface area contributed by atoms with Gasteiger partial charge < -0.3 is 5.32 Å². The van der Waals surface area contributed by atoms with Crippen molar-refractivity contribution < 1.29 is 0 Å². The van der Waals surface area contributed by atoms with E-state index in [0.717, 1.165) is 19.1 Å². The topological polar surface area (TPSA) is 15.3 Å². The van der Waals surface area contributed by atoms with Crippen LogP contribution in [-0.2, 0) is 5.54 Å². The molecule has 0 saturated carbocycles. The van der Waals surface area contributed by atoms with Gasteiger partial charge in [-0.1, -0.05) is 37.3 Å². The Hall–Kier alpha value is -0.510. The number of thioether (sulfide) groups is 1. The van der Waals surface area contributed by atoms with Gasteiger partial charge in [0.15, 0.2) is 0 Å². The average molecular weight is 305 g/mol. The van der Waals surface area contributed by atoms with Crippen LogP contribution < -0.4 is 5.32 Å². The number of hydrogen-bond donors (Lipinski definition) is 1. The SMILES string of the molecule is CCC1CNC(C)(c2ccccc2)CN1C1CCCSC1. The third kappa shape index (κ3) is 3.30. The highest BCUT2D eigenvalue weighted by atomic mass is 32.2. The summed E-state index contributed by atoms with van der Waals surface area (Å²) in [7, 11) is 0. The van der Waals surface area contributed by atoms with Crippen LogP contribution in [0.15, 0.2) is 30.3 Å². The quantitative estimate of drug-likeness (QED) is 0.920. The molecule has 0 amide bonds. The molecule has 2 aliphatic heterocycles. The highest BCUT2D eigenvalue weighted by molar-refractivity contribution is 7.99. The average Bonchev–Trinajstić information content (AvgIpc) is 2.56. The van der Waals surface area contributed by atoms with Crippen LogP contribution in [0.5, 0.6) is 0 Å². The summed E-state index contributed by atoms with van der Waals surface area (Å²) in [6, 6.07) is 12.5. The third-order valence-electron chi connectivity index (χ3n) is 5.18. The van der Waals surface area contributed by atoms with Gasteiger partial charge in [-0.15, -0.1) is 0 Å². The number of rotatable bonds is 3. The first kappa shape index (κ1) is 15.4. The lowest BCUT2D eigenvalue weighted by molar-refractivity contribution is 0.0477. The summed E-state index contributed by atoms with van der Waals surface area (Å²) < 4.78 is 0. The molecule has 0 aromatic heterocycles. The zero-order valence-electron chi connectivity index (χ0n) is 13.3. The fourth-order valence-corrected chi connectivity index (χ4v) is 4.97. The summed E-state index contributed by atoms with van der Waals surface area (Å²) >= 11 is 2.14. The van der Waals surface area contributed by atoms with Crippen molar-refractivity contribution >= 4 is 11.8 Å². The van der Waals surface area contributed by atoms with Gasteiger partial charge in [0.1, 0.15) is 0 Å². The summed E-state index contributed by atoms with van der Waals surface area (Å²) in [6.07, 6.45) is 4.02. The maximum absolute atomic E-state index is 3.83. The Morgan fingerprint density at radius 2 is 2.14 bits per heavy atom. The molecule has 0 radical (unpaired) electrons. The van der Waals surface area contributed by atoms with E-state index in [1.54, 1.807) is 0 Å². The van der Waals surface area contributed by atoms with Crippen LogP contribution in [0, 0.1) is 0 Å². The lowest BCUT2D eigenvalue weighted by atomic mass is 9.86. The van der Waals surface area contributed by atoms with Crippen molar-refractivity contribution in [1.29, 1.82) is 0 Å². The second kappa shape index (κ2) is 6.72. The normalized spacial score (nSPS) is 34.8. The molecule has 21 heavy (non-hydrogen) atoms. The van der Waals surface area contributed by atoms with Crippen LogP contribution in [0.2, 0.25) is 0 Å². The van der Waals surface area contributed by atoms with Crippen molar-refractivity contribution in [2.75, 3.05) is 24.6 Å². The van der Waals surface area contributed by atoms with Gasteiger partial charge in [-0.05, 0) is 37.5 Å². The van der Waals surface area contributed by atoms with E-state index in [0.29, 0.717) is 6.04 Å². The predicted octanol–water partition coefficient (Wildman–Crippen LogP) is 3.48. The van der Waals surface area contributed by atoms with Crippen LogP contribution >= 0.6 is 11.8 Å². The number of nitrogens with one attached hydrogen (secondary N) is 1. The number of nitrogens with zero attached hydrogens (tertiary/aromatic N) is 1. The van der Waals surface area contributed by atoms with Gasteiger partial charge in [0.2, 0.25) is 0 Å². The third-order valence-corrected chi connectivity index (χ3v) is 6.38. The van der Waals surface area contributed by atoms with E-state index >= 15 is 0 Å². The molecule has 1 aromatic rings. The van der Waals surface area contributed by atoms with Crippen LogP contribution in [0.25, 0.3) is 0 Å². The van der Waals surface area contributed by atoms with Crippen molar-refractivity contribution in [1.82, 2.24) is 10.2 Å². The number of benzene rings is 1. The maximum atomic E-state index is 3.83. The summed E-state index contributed by atoms with van der Waals surface area (Å²) in [4.78, 5) is 2.82. The predicted molar refractivity (Wildman–Crippen MR) is 92.9 cm³/mol. The van der Waals surface area contributed by atoms with Crippen molar-refractivity contribution in [3.63, 3.8) is 0 Å². The monoisotopic (exact) mass is 304 g/mol. The number of hydrogen-bond acceptors (Lipinski definition) is 3. The van der Waals surface area contributed by atoms with E-state index < -0.39 is 0 Å². The molecule has 2 nitrogen and oxygen atoms in total. The van der Waals surface area contributed by atoms with Gasteiger partial charge in [0.25, 0.3) is 0 Å². The molecule has 3 unspecified atom stereocenters. The first-order valence-corrected chi connectivity index (χ1v) is 9.52. The van der Waals surface area contributed by atoms with Gasteiger partial charge in [-0.25, -0.2) is 0 Å². The van der Waals surface area contributed by atoms with E-state index in [2.05, 4.69) is 66.2 Å². The molecule has 2 aliphatic rings. The molecule has 3 rings (SSSR count). The molecule has 1 N–H and O–H groups in total. The van der Waals surface area contributed by atoms with Crippen LogP contribution in [0.1, 0.15) is 38.7 Å². The molecule has 3 atom stereocenters. The van der Waals surface area contributed by atoms with Gasteiger partial charge in [-0.3, -0.25) is 4.90 Å². The standard InChI is InChI=1S/C18H28N2S/c1-3-16-12-19-18(2,15-8-5-4-6-9-15)14-20(16)17-10-7-11-21-13-17/h4-6,8-9,16-17,19H,3,7,10-14H2,1-2H3. The lowest BCUT2D eigenvalue weighted by Crippen LogP contribution is -2.64. The van der Waals surface area contributed by atoms with Crippen LogP contribution in [0.3, 0.4) is 0 Å². The largest absolute Gasteiger partial charge is 0.305 e. The molecule has 3 heteroatoms. The lowest BCUT2D eigenvalue weighted by Gasteiger charge is -2.50. The molecular weight excluding hydrogens is 276 g/mol. The van der Waals surface area contributed by atoms with E-state index in [1.165, 1.54) is 36.3 Å². The summed E-state index contributed by atoms with van der Waals surface area (Å²) in [6.45, 7) is 6.96. The molecule has 2 heterocycles. The van der Waals surface area contributed by atoms with Crippen molar-refractivity contribution in [2.24, 2.45) is 0 Å². The minimum absolute atomic E-state index is 0.0923. The fraction of sp³-hybridized carbons (Fsp3) is 0.667. The van der Waals surface area contributed by atoms with Crippen LogP contribution in [0.4, 0.5) is 0 Å². The Morgan fingerprint density at radius 1 is 1.33 bits per heavy atom. The first-order chi connectivity index (χ1) is 10.2. The molecule has 1 aromatic carbocycles. The van der Waals surface area contributed by atoms with Crippen LogP contribution in [-0.4, -0.2) is 41.6 Å².